The number of aliphatic hydroxyl groups excluding tert-OH is 1. The molecular weight excluding hydrogens is 212 g/mol. The van der Waals surface area contributed by atoms with E-state index in [4.69, 9.17) is 0 Å². The van der Waals surface area contributed by atoms with Gasteiger partial charge in [0, 0.05) is 11.9 Å². The summed E-state index contributed by atoms with van der Waals surface area (Å²) in [5.74, 6) is 0.858. The summed E-state index contributed by atoms with van der Waals surface area (Å²) in [5, 5.41) is 13.9. The number of fused-ring (bicyclic) bond motifs is 1. The predicted octanol–water partition coefficient (Wildman–Crippen LogP) is 2.73. The van der Waals surface area contributed by atoms with Crippen molar-refractivity contribution < 1.29 is 5.11 Å². The molecule has 0 fully saturated rings. The van der Waals surface area contributed by atoms with E-state index in [2.05, 4.69) is 22.4 Å². The van der Waals surface area contributed by atoms with Crippen LogP contribution in [0.4, 0.5) is 5.82 Å². The molecule has 1 heterocycles. The van der Waals surface area contributed by atoms with Crippen molar-refractivity contribution in [2.75, 3.05) is 11.9 Å². The van der Waals surface area contributed by atoms with Crippen LogP contribution in [0.3, 0.4) is 0 Å². The van der Waals surface area contributed by atoms with E-state index in [0.717, 1.165) is 28.7 Å². The molecule has 0 bridgehead atoms. The summed E-state index contributed by atoms with van der Waals surface area (Å²) in [4.78, 5) is 4.56. The second-order valence-electron chi connectivity index (χ2n) is 4.29. The molecule has 0 saturated carbocycles. The molecule has 0 saturated heterocycles. The number of rotatable bonds is 4. The van der Waals surface area contributed by atoms with Crippen molar-refractivity contribution in [2.24, 2.45) is 0 Å². The fourth-order valence-electron chi connectivity index (χ4n) is 1.76. The summed E-state index contributed by atoms with van der Waals surface area (Å²) < 4.78 is 0. The van der Waals surface area contributed by atoms with Crippen LogP contribution in [0.1, 0.15) is 18.9 Å². The molecule has 2 aromatic rings. The fraction of sp³-hybridized carbons (Fsp3) is 0.357. The van der Waals surface area contributed by atoms with E-state index in [1.165, 1.54) is 0 Å². The zero-order chi connectivity index (χ0) is 12.3. The molecule has 1 atom stereocenters. The normalized spacial score (nSPS) is 12.6. The van der Waals surface area contributed by atoms with E-state index in [0.29, 0.717) is 6.54 Å². The smallest absolute Gasteiger partial charge is 0.129 e. The number of hydrogen-bond donors (Lipinski definition) is 2. The molecule has 0 aliphatic carbocycles. The van der Waals surface area contributed by atoms with E-state index < -0.39 is 0 Å². The van der Waals surface area contributed by atoms with Gasteiger partial charge >= 0.3 is 0 Å². The Morgan fingerprint density at radius 2 is 2.12 bits per heavy atom. The van der Waals surface area contributed by atoms with Crippen molar-refractivity contribution in [3.8, 4) is 0 Å². The highest BCUT2D eigenvalue weighted by atomic mass is 16.3. The number of aliphatic hydroxyl groups is 1. The maximum absolute atomic E-state index is 9.53. The number of para-hydroxylation sites is 1. The summed E-state index contributed by atoms with van der Waals surface area (Å²) in [6.07, 6.45) is 0.433. The largest absolute Gasteiger partial charge is 0.391 e. The van der Waals surface area contributed by atoms with Gasteiger partial charge in [-0.2, -0.15) is 0 Å². The number of aromatic nitrogens is 1. The Bertz CT molecular complexity index is 511. The summed E-state index contributed by atoms with van der Waals surface area (Å²) in [7, 11) is 0. The maximum atomic E-state index is 9.53. The summed E-state index contributed by atoms with van der Waals surface area (Å²) in [6, 6.07) is 10.2. The van der Waals surface area contributed by atoms with Crippen LogP contribution in [0.15, 0.2) is 30.3 Å². The van der Waals surface area contributed by atoms with Crippen molar-refractivity contribution in [2.45, 2.75) is 26.4 Å². The molecule has 3 heteroatoms. The van der Waals surface area contributed by atoms with Gasteiger partial charge in [-0.05, 0) is 31.0 Å². The molecule has 0 radical (unpaired) electrons. The molecular formula is C14H18N2O. The van der Waals surface area contributed by atoms with E-state index >= 15 is 0 Å². The highest BCUT2D eigenvalue weighted by molar-refractivity contribution is 5.81. The monoisotopic (exact) mass is 230 g/mol. The third-order valence-electron chi connectivity index (χ3n) is 2.89. The molecule has 3 nitrogen and oxygen atoms in total. The predicted molar refractivity (Wildman–Crippen MR) is 71.3 cm³/mol. The number of nitrogens with zero attached hydrogens (tertiary/aromatic N) is 1. The molecule has 1 unspecified atom stereocenters. The van der Waals surface area contributed by atoms with Gasteiger partial charge in [0.05, 0.1) is 11.6 Å². The van der Waals surface area contributed by atoms with Crippen molar-refractivity contribution >= 4 is 16.7 Å². The zero-order valence-electron chi connectivity index (χ0n) is 10.3. The van der Waals surface area contributed by atoms with Gasteiger partial charge in [0.25, 0.3) is 0 Å². The van der Waals surface area contributed by atoms with Gasteiger partial charge in [-0.25, -0.2) is 4.98 Å². The van der Waals surface area contributed by atoms with Gasteiger partial charge in [0.15, 0.2) is 0 Å². The van der Waals surface area contributed by atoms with Crippen LogP contribution in [0, 0.1) is 6.92 Å². The highest BCUT2D eigenvalue weighted by Crippen LogP contribution is 2.19. The van der Waals surface area contributed by atoms with Gasteiger partial charge in [-0.1, -0.05) is 25.1 Å². The maximum Gasteiger partial charge on any atom is 0.129 e. The lowest BCUT2D eigenvalue weighted by Crippen LogP contribution is -2.19. The van der Waals surface area contributed by atoms with Gasteiger partial charge in [-0.3, -0.25) is 0 Å². The molecule has 90 valence electrons. The van der Waals surface area contributed by atoms with Crippen LogP contribution < -0.4 is 5.32 Å². The lowest BCUT2D eigenvalue weighted by Gasteiger charge is -2.12. The fourth-order valence-corrected chi connectivity index (χ4v) is 1.76. The molecule has 0 spiro atoms. The standard InChI is InChI=1S/C14H18N2O/c1-3-12(17)9-15-14-10(2)8-11-6-4-5-7-13(11)16-14/h4-8,12,17H,3,9H2,1-2H3,(H,15,16). The minimum atomic E-state index is -0.317. The van der Waals surface area contributed by atoms with Gasteiger partial charge in [0.2, 0.25) is 0 Å². The van der Waals surface area contributed by atoms with Crippen molar-refractivity contribution in [3.63, 3.8) is 0 Å². The summed E-state index contributed by atoms with van der Waals surface area (Å²) >= 11 is 0. The topological polar surface area (TPSA) is 45.1 Å². The minimum Gasteiger partial charge on any atom is -0.391 e. The molecule has 0 aliphatic rings. The van der Waals surface area contributed by atoms with Crippen molar-refractivity contribution in [3.05, 3.63) is 35.9 Å². The molecule has 0 aliphatic heterocycles. The number of nitrogens with one attached hydrogen (secondary N) is 1. The van der Waals surface area contributed by atoms with E-state index in [9.17, 15) is 5.11 Å². The molecule has 0 amide bonds. The van der Waals surface area contributed by atoms with Gasteiger partial charge in [-0.15, -0.1) is 0 Å². The van der Waals surface area contributed by atoms with E-state index in [1.54, 1.807) is 0 Å². The first-order chi connectivity index (χ1) is 8.20. The first kappa shape index (κ1) is 11.9. The van der Waals surface area contributed by atoms with Crippen LogP contribution in [-0.2, 0) is 0 Å². The number of aryl methyl sites for hydroxylation is 1. The first-order valence-corrected chi connectivity index (χ1v) is 5.99. The Labute approximate surface area is 102 Å². The third-order valence-corrected chi connectivity index (χ3v) is 2.89. The average Bonchev–Trinajstić information content (AvgIpc) is 2.35. The zero-order valence-corrected chi connectivity index (χ0v) is 10.3. The van der Waals surface area contributed by atoms with Crippen molar-refractivity contribution in [1.29, 1.82) is 0 Å². The second kappa shape index (κ2) is 5.15. The molecule has 2 rings (SSSR count). The lowest BCUT2D eigenvalue weighted by atomic mass is 10.1. The van der Waals surface area contributed by atoms with Crippen LogP contribution in [0.2, 0.25) is 0 Å². The molecule has 2 N–H and O–H groups in total. The minimum absolute atomic E-state index is 0.317. The first-order valence-electron chi connectivity index (χ1n) is 5.99. The lowest BCUT2D eigenvalue weighted by molar-refractivity contribution is 0.183. The van der Waals surface area contributed by atoms with Crippen LogP contribution >= 0.6 is 0 Å². The second-order valence-corrected chi connectivity index (χ2v) is 4.29. The van der Waals surface area contributed by atoms with Crippen LogP contribution in [0.5, 0.6) is 0 Å². The number of benzene rings is 1. The van der Waals surface area contributed by atoms with Crippen LogP contribution in [-0.4, -0.2) is 22.7 Å². The SMILES string of the molecule is CCC(O)CNc1nc2ccccc2cc1C. The van der Waals surface area contributed by atoms with Crippen LogP contribution in [0.25, 0.3) is 10.9 Å². The number of pyridine rings is 1. The number of anilines is 1. The third kappa shape index (κ3) is 2.74. The molecule has 1 aromatic carbocycles. The Balaban J connectivity index is 2.25. The van der Waals surface area contributed by atoms with E-state index in [1.807, 2.05) is 32.0 Å². The van der Waals surface area contributed by atoms with Crippen molar-refractivity contribution in [1.82, 2.24) is 4.98 Å². The Morgan fingerprint density at radius 3 is 2.88 bits per heavy atom. The highest BCUT2D eigenvalue weighted by Gasteiger charge is 2.05. The average molecular weight is 230 g/mol. The van der Waals surface area contributed by atoms with E-state index in [-0.39, 0.29) is 6.10 Å². The van der Waals surface area contributed by atoms with Gasteiger partial charge in [0.1, 0.15) is 5.82 Å². The quantitative estimate of drug-likeness (QED) is 0.849. The molecule has 1 aromatic heterocycles. The summed E-state index contributed by atoms with van der Waals surface area (Å²) in [5.41, 5.74) is 2.08. The molecule has 17 heavy (non-hydrogen) atoms. The Morgan fingerprint density at radius 1 is 1.35 bits per heavy atom. The number of hydrogen-bond acceptors (Lipinski definition) is 3. The summed E-state index contributed by atoms with van der Waals surface area (Å²) in [6.45, 7) is 4.54. The Hall–Kier alpha value is -1.61. The van der Waals surface area contributed by atoms with Gasteiger partial charge < -0.3 is 10.4 Å². The Kier molecular flexibility index (Phi) is 3.59.